The molecule has 1 aromatic carbocycles. The molecule has 1 aromatic heterocycles. The van der Waals surface area contributed by atoms with Gasteiger partial charge in [0.25, 0.3) is 11.8 Å². The molecule has 4 nitrogen and oxygen atoms in total. The summed E-state index contributed by atoms with van der Waals surface area (Å²) in [5, 5.41) is 5.97. The lowest BCUT2D eigenvalue weighted by Gasteiger charge is -2.12. The summed E-state index contributed by atoms with van der Waals surface area (Å²) in [6.07, 6.45) is 5.46. The van der Waals surface area contributed by atoms with E-state index < -0.39 is 0 Å². The number of hydrogen-bond donors (Lipinski definition) is 2. The van der Waals surface area contributed by atoms with Crippen LogP contribution in [0.4, 0.5) is 5.69 Å². The van der Waals surface area contributed by atoms with E-state index >= 15 is 0 Å². The van der Waals surface area contributed by atoms with Gasteiger partial charge in [-0.25, -0.2) is 0 Å². The highest BCUT2D eigenvalue weighted by Crippen LogP contribution is 2.23. The van der Waals surface area contributed by atoms with Crippen LogP contribution in [0.1, 0.15) is 63.1 Å². The lowest BCUT2D eigenvalue weighted by molar-refractivity contribution is 0.0937. The van der Waals surface area contributed by atoms with Gasteiger partial charge in [0.1, 0.15) is 0 Å². The molecule has 0 bridgehead atoms. The summed E-state index contributed by atoms with van der Waals surface area (Å²) in [5.41, 5.74) is 2.49. The van der Waals surface area contributed by atoms with Gasteiger partial charge in [-0.2, -0.15) is 0 Å². The van der Waals surface area contributed by atoms with Gasteiger partial charge in [0.05, 0.1) is 4.88 Å². The molecule has 1 aliphatic rings. The molecule has 1 aliphatic carbocycles. The molecule has 0 aliphatic heterocycles. The average Bonchev–Trinajstić information content (AvgIpc) is 3.24. The normalized spacial score (nSPS) is 14.5. The Morgan fingerprint density at radius 3 is 2.40 bits per heavy atom. The number of benzene rings is 1. The quantitative estimate of drug-likeness (QED) is 0.826. The van der Waals surface area contributed by atoms with Gasteiger partial charge in [-0.3, -0.25) is 9.59 Å². The van der Waals surface area contributed by atoms with E-state index in [4.69, 9.17) is 0 Å². The highest BCUT2D eigenvalue weighted by Gasteiger charge is 2.18. The van der Waals surface area contributed by atoms with Crippen molar-refractivity contribution in [1.82, 2.24) is 5.32 Å². The molecule has 2 amide bonds. The number of hydrogen-bond acceptors (Lipinski definition) is 3. The van der Waals surface area contributed by atoms with Gasteiger partial charge in [-0.15, -0.1) is 11.3 Å². The van der Waals surface area contributed by atoms with E-state index in [0.717, 1.165) is 29.7 Å². The Labute approximate surface area is 152 Å². The fourth-order valence-corrected chi connectivity index (χ4v) is 4.23. The maximum Gasteiger partial charge on any atom is 0.265 e. The highest BCUT2D eigenvalue weighted by atomic mass is 32.1. The monoisotopic (exact) mass is 356 g/mol. The van der Waals surface area contributed by atoms with Crippen molar-refractivity contribution in [3.8, 4) is 0 Å². The molecule has 3 rings (SSSR count). The molecule has 0 saturated heterocycles. The van der Waals surface area contributed by atoms with Crippen molar-refractivity contribution < 1.29 is 9.59 Å². The Morgan fingerprint density at radius 1 is 1.12 bits per heavy atom. The van der Waals surface area contributed by atoms with Crippen LogP contribution in [0.15, 0.2) is 30.3 Å². The van der Waals surface area contributed by atoms with Crippen LogP contribution in [0, 0.1) is 6.92 Å². The van der Waals surface area contributed by atoms with Crippen LogP contribution in [-0.4, -0.2) is 17.9 Å². The third kappa shape index (κ3) is 4.28. The SMILES string of the molecule is CCc1sc(C(=O)Nc2ccc(C(=O)NC3CCCC3)cc2)cc1C. The third-order valence-corrected chi connectivity index (χ3v) is 6.04. The molecule has 0 atom stereocenters. The van der Waals surface area contributed by atoms with E-state index in [2.05, 4.69) is 17.6 Å². The zero-order valence-electron chi connectivity index (χ0n) is 14.7. The molecule has 2 aromatic rings. The zero-order chi connectivity index (χ0) is 17.8. The number of anilines is 1. The molecule has 2 N–H and O–H groups in total. The second kappa shape index (κ2) is 7.83. The van der Waals surface area contributed by atoms with Crippen molar-refractivity contribution in [2.75, 3.05) is 5.32 Å². The molecule has 0 unspecified atom stereocenters. The number of aryl methyl sites for hydroxylation is 2. The third-order valence-electron chi connectivity index (χ3n) is 4.66. The predicted molar refractivity (Wildman–Crippen MR) is 103 cm³/mol. The Balaban J connectivity index is 1.61. The maximum atomic E-state index is 12.4. The van der Waals surface area contributed by atoms with E-state index in [1.165, 1.54) is 29.1 Å². The molecule has 0 radical (unpaired) electrons. The van der Waals surface area contributed by atoms with Gasteiger partial charge < -0.3 is 10.6 Å². The molecule has 5 heteroatoms. The summed E-state index contributed by atoms with van der Waals surface area (Å²) in [5.74, 6) is -0.137. The van der Waals surface area contributed by atoms with Gasteiger partial charge in [0.15, 0.2) is 0 Å². The number of thiophene rings is 1. The minimum absolute atomic E-state index is 0.0359. The first-order chi connectivity index (χ1) is 12.1. The Hall–Kier alpha value is -2.14. The van der Waals surface area contributed by atoms with Crippen LogP contribution in [-0.2, 0) is 6.42 Å². The summed E-state index contributed by atoms with van der Waals surface area (Å²) in [4.78, 5) is 26.6. The van der Waals surface area contributed by atoms with E-state index in [1.54, 1.807) is 24.3 Å². The topological polar surface area (TPSA) is 58.2 Å². The Kier molecular flexibility index (Phi) is 5.53. The second-order valence-electron chi connectivity index (χ2n) is 6.56. The first kappa shape index (κ1) is 17.7. The van der Waals surface area contributed by atoms with Gasteiger partial charge in [-0.05, 0) is 62.1 Å². The molecule has 25 heavy (non-hydrogen) atoms. The van der Waals surface area contributed by atoms with Crippen LogP contribution in [0.25, 0.3) is 0 Å². The maximum absolute atomic E-state index is 12.4. The first-order valence-electron chi connectivity index (χ1n) is 8.88. The smallest absolute Gasteiger partial charge is 0.265 e. The van der Waals surface area contributed by atoms with E-state index in [1.807, 2.05) is 13.0 Å². The van der Waals surface area contributed by atoms with E-state index in [0.29, 0.717) is 17.3 Å². The van der Waals surface area contributed by atoms with E-state index in [-0.39, 0.29) is 11.8 Å². The molecule has 1 heterocycles. The molecule has 0 spiro atoms. The van der Waals surface area contributed by atoms with Crippen LogP contribution in [0.3, 0.4) is 0 Å². The summed E-state index contributed by atoms with van der Waals surface area (Å²) in [6.45, 7) is 4.12. The van der Waals surface area contributed by atoms with Gasteiger partial charge in [-0.1, -0.05) is 19.8 Å². The minimum Gasteiger partial charge on any atom is -0.349 e. The molecular formula is C20H24N2O2S. The number of nitrogens with one attached hydrogen (secondary N) is 2. The van der Waals surface area contributed by atoms with Gasteiger partial charge in [0.2, 0.25) is 0 Å². The molecule has 1 fully saturated rings. The summed E-state index contributed by atoms with van der Waals surface area (Å²) in [6, 6.07) is 9.32. The summed E-state index contributed by atoms with van der Waals surface area (Å²) < 4.78 is 0. The van der Waals surface area contributed by atoms with Crippen LogP contribution >= 0.6 is 11.3 Å². The van der Waals surface area contributed by atoms with Crippen molar-refractivity contribution in [2.45, 2.75) is 52.0 Å². The highest BCUT2D eigenvalue weighted by molar-refractivity contribution is 7.14. The van der Waals surface area contributed by atoms with Crippen molar-refractivity contribution >= 4 is 28.8 Å². The Morgan fingerprint density at radius 2 is 1.80 bits per heavy atom. The molecular weight excluding hydrogens is 332 g/mol. The fourth-order valence-electron chi connectivity index (χ4n) is 3.22. The van der Waals surface area contributed by atoms with Gasteiger partial charge >= 0.3 is 0 Å². The fraction of sp³-hybridized carbons (Fsp3) is 0.400. The zero-order valence-corrected chi connectivity index (χ0v) is 15.5. The molecule has 1 saturated carbocycles. The number of rotatable bonds is 5. The van der Waals surface area contributed by atoms with Crippen LogP contribution in [0.5, 0.6) is 0 Å². The van der Waals surface area contributed by atoms with E-state index in [9.17, 15) is 9.59 Å². The number of carbonyl (C=O) groups is 2. The summed E-state index contributed by atoms with van der Waals surface area (Å²) >= 11 is 1.54. The average molecular weight is 356 g/mol. The Bertz CT molecular complexity index is 759. The van der Waals surface area contributed by atoms with Crippen LogP contribution < -0.4 is 10.6 Å². The van der Waals surface area contributed by atoms with Crippen molar-refractivity contribution in [3.63, 3.8) is 0 Å². The lowest BCUT2D eigenvalue weighted by atomic mass is 10.1. The second-order valence-corrected chi connectivity index (χ2v) is 7.69. The first-order valence-corrected chi connectivity index (χ1v) is 9.70. The summed E-state index contributed by atoms with van der Waals surface area (Å²) in [7, 11) is 0. The van der Waals surface area contributed by atoms with Crippen molar-refractivity contribution in [3.05, 3.63) is 51.2 Å². The van der Waals surface area contributed by atoms with Gasteiger partial charge in [0, 0.05) is 22.2 Å². The van der Waals surface area contributed by atoms with Crippen molar-refractivity contribution in [2.24, 2.45) is 0 Å². The lowest BCUT2D eigenvalue weighted by Crippen LogP contribution is -2.32. The predicted octanol–water partition coefficient (Wildman–Crippen LogP) is 4.54. The minimum atomic E-state index is -0.101. The van der Waals surface area contributed by atoms with Crippen LogP contribution in [0.2, 0.25) is 0 Å². The largest absolute Gasteiger partial charge is 0.349 e. The molecule has 132 valence electrons. The number of amides is 2. The number of carbonyl (C=O) groups excluding carboxylic acids is 2. The van der Waals surface area contributed by atoms with Crippen molar-refractivity contribution in [1.29, 1.82) is 0 Å². The standard InChI is InChI=1S/C20H24N2O2S/c1-3-17-13(2)12-18(25-17)20(24)22-16-10-8-14(9-11-16)19(23)21-15-6-4-5-7-15/h8-12,15H,3-7H2,1-2H3,(H,21,23)(H,22,24).